The molecule has 0 unspecified atom stereocenters. The van der Waals surface area contributed by atoms with Crippen LogP contribution in [0.1, 0.15) is 26.7 Å². The summed E-state index contributed by atoms with van der Waals surface area (Å²) in [6.45, 7) is 1.98. The maximum Gasteiger partial charge on any atom is 0.248 e. The van der Waals surface area contributed by atoms with Crippen molar-refractivity contribution >= 4 is 40.2 Å². The van der Waals surface area contributed by atoms with Crippen molar-refractivity contribution in [2.45, 2.75) is 19.8 Å². The van der Waals surface area contributed by atoms with Crippen molar-refractivity contribution in [3.8, 4) is 10.6 Å². The third-order valence-electron chi connectivity index (χ3n) is 3.59. The summed E-state index contributed by atoms with van der Waals surface area (Å²) in [6, 6.07) is 10.6. The molecule has 0 spiro atoms. The summed E-state index contributed by atoms with van der Waals surface area (Å²) in [5.41, 5.74) is 7.25. The number of amides is 2. The molecule has 1 aromatic carbocycles. The molecule has 0 fully saturated rings. The highest BCUT2D eigenvalue weighted by Gasteiger charge is 2.14. The number of thiophene rings is 1. The Bertz CT molecular complexity index is 884. The van der Waals surface area contributed by atoms with E-state index >= 15 is 0 Å². The highest BCUT2D eigenvalue weighted by molar-refractivity contribution is 7.15. The second-order valence-electron chi connectivity index (χ2n) is 5.47. The molecule has 3 rings (SSSR count). The predicted octanol–water partition coefficient (Wildman–Crippen LogP) is 3.85. The minimum absolute atomic E-state index is 0.0741. The number of primary amides is 1. The molecule has 2 heterocycles. The standard InChI is InChI=1S/C18H17N3O2S2/c1-11-20-17(14-3-2-10-24-14)15(25-11)8-9-16(22)21-13-6-4-12(5-7-13)18(19)23/h2-7,10H,8-9H2,1H3,(H2,19,23)(H,21,22). The monoisotopic (exact) mass is 371 g/mol. The topological polar surface area (TPSA) is 85.1 Å². The molecule has 0 saturated carbocycles. The fourth-order valence-electron chi connectivity index (χ4n) is 2.41. The second-order valence-corrected chi connectivity index (χ2v) is 7.71. The van der Waals surface area contributed by atoms with Gasteiger partial charge in [0.1, 0.15) is 0 Å². The van der Waals surface area contributed by atoms with Crippen LogP contribution in [-0.4, -0.2) is 16.8 Å². The molecule has 0 atom stereocenters. The first kappa shape index (κ1) is 17.3. The van der Waals surface area contributed by atoms with Gasteiger partial charge in [0.2, 0.25) is 11.8 Å². The van der Waals surface area contributed by atoms with Crippen molar-refractivity contribution in [1.82, 2.24) is 4.98 Å². The summed E-state index contributed by atoms with van der Waals surface area (Å²) in [5, 5.41) is 5.86. The van der Waals surface area contributed by atoms with Gasteiger partial charge in [-0.3, -0.25) is 9.59 Å². The Morgan fingerprint density at radius 1 is 1.20 bits per heavy atom. The van der Waals surface area contributed by atoms with E-state index in [4.69, 9.17) is 5.73 Å². The van der Waals surface area contributed by atoms with Crippen molar-refractivity contribution in [2.75, 3.05) is 5.32 Å². The maximum absolute atomic E-state index is 12.2. The molecule has 0 aliphatic rings. The van der Waals surface area contributed by atoms with Gasteiger partial charge in [0.25, 0.3) is 0 Å². The Balaban J connectivity index is 1.62. The molecule has 25 heavy (non-hydrogen) atoms. The van der Waals surface area contributed by atoms with Crippen molar-refractivity contribution in [1.29, 1.82) is 0 Å². The van der Waals surface area contributed by atoms with E-state index < -0.39 is 5.91 Å². The van der Waals surface area contributed by atoms with Crippen LogP contribution < -0.4 is 11.1 Å². The summed E-state index contributed by atoms with van der Waals surface area (Å²) < 4.78 is 0. The van der Waals surface area contributed by atoms with Crippen LogP contribution in [0.5, 0.6) is 0 Å². The summed E-state index contributed by atoms with van der Waals surface area (Å²) in [7, 11) is 0. The Morgan fingerprint density at radius 3 is 2.60 bits per heavy atom. The van der Waals surface area contributed by atoms with Crippen molar-refractivity contribution in [3.05, 3.63) is 57.2 Å². The number of carbonyl (C=O) groups is 2. The minimum atomic E-state index is -0.487. The molecular formula is C18H17N3O2S2. The summed E-state index contributed by atoms with van der Waals surface area (Å²) in [6.07, 6.45) is 1.02. The molecule has 3 N–H and O–H groups in total. The van der Waals surface area contributed by atoms with Crippen LogP contribution in [0.2, 0.25) is 0 Å². The molecule has 0 radical (unpaired) electrons. The lowest BCUT2D eigenvalue weighted by atomic mass is 10.2. The Hall–Kier alpha value is -2.51. The average molecular weight is 371 g/mol. The molecule has 2 aromatic heterocycles. The number of aromatic nitrogens is 1. The van der Waals surface area contributed by atoms with E-state index in [1.165, 1.54) is 0 Å². The van der Waals surface area contributed by atoms with Crippen molar-refractivity contribution in [2.24, 2.45) is 5.73 Å². The van der Waals surface area contributed by atoms with Crippen LogP contribution in [-0.2, 0) is 11.2 Å². The largest absolute Gasteiger partial charge is 0.366 e. The van der Waals surface area contributed by atoms with Crippen LogP contribution >= 0.6 is 22.7 Å². The Labute approximate surface area is 153 Å². The number of benzene rings is 1. The van der Waals surface area contributed by atoms with E-state index in [1.807, 2.05) is 24.4 Å². The number of hydrogen-bond donors (Lipinski definition) is 2. The van der Waals surface area contributed by atoms with Gasteiger partial charge in [-0.1, -0.05) is 6.07 Å². The fraction of sp³-hybridized carbons (Fsp3) is 0.167. The van der Waals surface area contributed by atoms with E-state index in [9.17, 15) is 9.59 Å². The van der Waals surface area contributed by atoms with Gasteiger partial charge in [0.15, 0.2) is 0 Å². The molecule has 2 amide bonds. The van der Waals surface area contributed by atoms with Crippen molar-refractivity contribution < 1.29 is 9.59 Å². The van der Waals surface area contributed by atoms with E-state index in [0.29, 0.717) is 24.1 Å². The molecule has 3 aromatic rings. The Morgan fingerprint density at radius 2 is 1.96 bits per heavy atom. The van der Waals surface area contributed by atoms with Crippen LogP contribution in [0, 0.1) is 6.92 Å². The van der Waals surface area contributed by atoms with Crippen molar-refractivity contribution in [3.63, 3.8) is 0 Å². The molecule has 0 saturated heterocycles. The van der Waals surface area contributed by atoms with Gasteiger partial charge in [0, 0.05) is 22.5 Å². The maximum atomic E-state index is 12.2. The number of hydrogen-bond acceptors (Lipinski definition) is 5. The van der Waals surface area contributed by atoms with E-state index in [2.05, 4.69) is 10.3 Å². The Kier molecular flexibility index (Phi) is 5.25. The number of nitrogens with zero attached hydrogens (tertiary/aromatic N) is 1. The number of anilines is 1. The van der Waals surface area contributed by atoms with Crippen LogP contribution in [0.3, 0.4) is 0 Å². The minimum Gasteiger partial charge on any atom is -0.366 e. The highest BCUT2D eigenvalue weighted by Crippen LogP contribution is 2.32. The normalized spacial score (nSPS) is 10.6. The molecule has 0 aliphatic carbocycles. The van der Waals surface area contributed by atoms with E-state index in [1.54, 1.807) is 46.9 Å². The first-order chi connectivity index (χ1) is 12.0. The fourth-order valence-corrected chi connectivity index (χ4v) is 4.17. The smallest absolute Gasteiger partial charge is 0.248 e. The van der Waals surface area contributed by atoms with E-state index in [0.717, 1.165) is 20.5 Å². The van der Waals surface area contributed by atoms with Crippen LogP contribution in [0.15, 0.2) is 41.8 Å². The van der Waals surface area contributed by atoms with Crippen LogP contribution in [0.4, 0.5) is 5.69 Å². The predicted molar refractivity (Wildman–Crippen MR) is 102 cm³/mol. The molecule has 0 bridgehead atoms. The van der Waals surface area contributed by atoms with Gasteiger partial charge in [-0.15, -0.1) is 22.7 Å². The molecule has 7 heteroatoms. The first-order valence-corrected chi connectivity index (χ1v) is 9.42. The number of thiazole rings is 1. The van der Waals surface area contributed by atoms with Gasteiger partial charge >= 0.3 is 0 Å². The average Bonchev–Trinajstić information content (AvgIpc) is 3.22. The number of aryl methyl sites for hydroxylation is 2. The van der Waals surface area contributed by atoms with Gasteiger partial charge in [-0.25, -0.2) is 4.98 Å². The summed E-state index contributed by atoms with van der Waals surface area (Å²) in [4.78, 5) is 30.1. The van der Waals surface area contributed by atoms with Gasteiger partial charge < -0.3 is 11.1 Å². The second kappa shape index (κ2) is 7.58. The van der Waals surface area contributed by atoms with E-state index in [-0.39, 0.29) is 5.91 Å². The zero-order valence-electron chi connectivity index (χ0n) is 13.6. The first-order valence-electron chi connectivity index (χ1n) is 7.73. The van der Waals surface area contributed by atoms with Gasteiger partial charge in [-0.05, 0) is 49.1 Å². The third-order valence-corrected chi connectivity index (χ3v) is 5.50. The highest BCUT2D eigenvalue weighted by atomic mass is 32.1. The summed E-state index contributed by atoms with van der Waals surface area (Å²) in [5.74, 6) is -0.561. The summed E-state index contributed by atoms with van der Waals surface area (Å²) >= 11 is 3.28. The molecule has 0 aliphatic heterocycles. The van der Waals surface area contributed by atoms with Gasteiger partial charge in [-0.2, -0.15) is 0 Å². The zero-order chi connectivity index (χ0) is 17.8. The lowest BCUT2D eigenvalue weighted by Crippen LogP contribution is -2.13. The number of rotatable bonds is 6. The molecule has 5 nitrogen and oxygen atoms in total. The lowest BCUT2D eigenvalue weighted by Gasteiger charge is -2.06. The number of nitrogens with two attached hydrogens (primary N) is 1. The van der Waals surface area contributed by atoms with Gasteiger partial charge in [0.05, 0.1) is 15.6 Å². The quantitative estimate of drug-likeness (QED) is 0.690. The number of carbonyl (C=O) groups excluding carboxylic acids is 2. The third kappa shape index (κ3) is 4.32. The van der Waals surface area contributed by atoms with Crippen LogP contribution in [0.25, 0.3) is 10.6 Å². The molecule has 128 valence electrons. The number of nitrogens with one attached hydrogen (secondary N) is 1. The zero-order valence-corrected chi connectivity index (χ0v) is 15.2. The SMILES string of the molecule is Cc1nc(-c2cccs2)c(CCC(=O)Nc2ccc(C(N)=O)cc2)s1. The molecular weight excluding hydrogens is 354 g/mol. The lowest BCUT2D eigenvalue weighted by molar-refractivity contribution is -0.116.